The average molecular weight is 857 g/mol. The van der Waals surface area contributed by atoms with Gasteiger partial charge in [-0.1, -0.05) is 24.3 Å². The molecule has 6 aliphatic rings. The average Bonchev–Trinajstić information content (AvgIpc) is 4.18. The Morgan fingerprint density at radius 2 is 1.74 bits per heavy atom. The number of carbonyl (C=O) groups excluding carboxylic acids is 4. The zero-order chi connectivity index (χ0) is 43.6. The van der Waals surface area contributed by atoms with Gasteiger partial charge >= 0.3 is 11.9 Å². The van der Waals surface area contributed by atoms with Crippen LogP contribution in [-0.4, -0.2) is 153 Å². The molecular weight excluding hydrogens is 796 g/mol. The lowest BCUT2D eigenvalue weighted by atomic mass is 9.91. The number of benzene rings is 1. The van der Waals surface area contributed by atoms with Crippen molar-refractivity contribution in [2.75, 3.05) is 26.4 Å². The third-order valence-corrected chi connectivity index (χ3v) is 12.1. The molecule has 61 heavy (non-hydrogen) atoms. The maximum atomic E-state index is 14.4. The van der Waals surface area contributed by atoms with Gasteiger partial charge in [0, 0.05) is 36.8 Å². The summed E-state index contributed by atoms with van der Waals surface area (Å²) >= 11 is 0. The number of hydrogen-bond acceptors (Lipinski definition) is 15. The zero-order valence-electron chi connectivity index (χ0n) is 34.9. The molecule has 3 heterocycles. The van der Waals surface area contributed by atoms with E-state index in [2.05, 4.69) is 5.32 Å². The highest BCUT2D eigenvalue weighted by molar-refractivity contribution is 5.98. The van der Waals surface area contributed by atoms with E-state index in [-0.39, 0.29) is 49.2 Å². The molecule has 0 aromatic heterocycles. The standard InChI is InChI=1S/C44H60N2O15/c1-43(2,3)60-34(49)16-15-29(22-47)45-39(53)30-10-5-17-46(30)40(54)26-20-31(38-32(21-26)59-44(61-38,27-11-12-27)28-13-14-28)57-41(55)25-9-4-7-24(19-25)8-6-18-56-42-37(52)36(51)35(50)33(23-48)58-42/h4,6-9,19,21,27-33,35-38,42,47-48,50-52H,5,10-18,20,22-23H2,1-3H3,(H,45,53). The smallest absolute Gasteiger partial charge is 0.338 e. The first-order valence-electron chi connectivity index (χ1n) is 21.5. The topological polar surface area (TPSA) is 240 Å². The number of ether oxygens (including phenoxy) is 6. The Morgan fingerprint density at radius 1 is 1.00 bits per heavy atom. The van der Waals surface area contributed by atoms with Crippen LogP contribution in [0.4, 0.5) is 0 Å². The van der Waals surface area contributed by atoms with Crippen LogP contribution in [0.3, 0.4) is 0 Å². The quantitative estimate of drug-likeness (QED) is 0.128. The molecule has 2 amide bonds. The third kappa shape index (κ3) is 10.5. The number of amides is 2. The number of aliphatic hydroxyl groups excluding tert-OH is 5. The summed E-state index contributed by atoms with van der Waals surface area (Å²) < 4.78 is 36.0. The van der Waals surface area contributed by atoms with Gasteiger partial charge in [-0.2, -0.15) is 0 Å². The minimum absolute atomic E-state index is 0.00138. The summed E-state index contributed by atoms with van der Waals surface area (Å²) in [6, 6.07) is 5.16. The summed E-state index contributed by atoms with van der Waals surface area (Å²) in [7, 11) is 0. The number of nitrogens with one attached hydrogen (secondary N) is 1. The molecule has 7 rings (SSSR count). The Balaban J connectivity index is 1.01. The Hall–Kier alpha value is -3.78. The Kier molecular flexibility index (Phi) is 14.0. The molecule has 3 aliphatic heterocycles. The fourth-order valence-electron chi connectivity index (χ4n) is 8.73. The van der Waals surface area contributed by atoms with Crippen LogP contribution in [0.1, 0.15) is 94.5 Å². The molecule has 1 aromatic carbocycles. The molecule has 17 heteroatoms. The van der Waals surface area contributed by atoms with Crippen molar-refractivity contribution >= 4 is 29.8 Å². The van der Waals surface area contributed by atoms with Crippen LogP contribution in [-0.2, 0) is 42.8 Å². The highest BCUT2D eigenvalue weighted by atomic mass is 16.8. The van der Waals surface area contributed by atoms with E-state index in [0.717, 1.165) is 25.7 Å². The van der Waals surface area contributed by atoms with Crippen LogP contribution >= 0.6 is 0 Å². The van der Waals surface area contributed by atoms with Crippen molar-refractivity contribution in [3.8, 4) is 0 Å². The maximum Gasteiger partial charge on any atom is 0.338 e. The number of nitrogens with zero attached hydrogens (tertiary/aromatic N) is 1. The predicted molar refractivity (Wildman–Crippen MR) is 214 cm³/mol. The second-order valence-electron chi connectivity index (χ2n) is 18.0. The van der Waals surface area contributed by atoms with Gasteiger partial charge in [-0.15, -0.1) is 0 Å². The lowest BCUT2D eigenvalue weighted by molar-refractivity contribution is -0.298. The van der Waals surface area contributed by atoms with Crippen LogP contribution < -0.4 is 5.32 Å². The highest BCUT2D eigenvalue weighted by Crippen LogP contribution is 2.59. The van der Waals surface area contributed by atoms with Crippen LogP contribution in [0, 0.1) is 11.8 Å². The number of likely N-dealkylation sites (tertiary alicyclic amines) is 1. The molecule has 336 valence electrons. The molecule has 1 aromatic rings. The minimum Gasteiger partial charge on any atom is -0.460 e. The van der Waals surface area contributed by atoms with Gasteiger partial charge in [0.1, 0.15) is 54.4 Å². The summed E-state index contributed by atoms with van der Waals surface area (Å²) in [6.45, 7) is 4.58. The lowest BCUT2D eigenvalue weighted by Gasteiger charge is -2.39. The maximum absolute atomic E-state index is 14.4. The summed E-state index contributed by atoms with van der Waals surface area (Å²) in [5, 5.41) is 52.6. The van der Waals surface area contributed by atoms with E-state index >= 15 is 0 Å². The minimum atomic E-state index is -1.56. The van der Waals surface area contributed by atoms with Crippen molar-refractivity contribution in [1.29, 1.82) is 0 Å². The predicted octanol–water partition coefficient (Wildman–Crippen LogP) is 1.26. The molecule has 17 nitrogen and oxygen atoms in total. The highest BCUT2D eigenvalue weighted by Gasteiger charge is 2.64. The van der Waals surface area contributed by atoms with E-state index < -0.39 is 104 Å². The Labute approximate surface area is 354 Å². The molecule has 6 N–H and O–H groups in total. The van der Waals surface area contributed by atoms with E-state index in [4.69, 9.17) is 28.4 Å². The molecule has 10 atom stereocenters. The van der Waals surface area contributed by atoms with E-state index in [1.165, 1.54) is 4.90 Å². The fraction of sp³-hybridized carbons (Fsp3) is 0.682. The van der Waals surface area contributed by atoms with E-state index in [9.17, 15) is 44.7 Å². The summed E-state index contributed by atoms with van der Waals surface area (Å²) in [5.41, 5.74) is 0.554. The molecular formula is C44H60N2O15. The normalized spacial score (nSPS) is 31.6. The number of carbonyl (C=O) groups is 4. The second kappa shape index (κ2) is 18.9. The van der Waals surface area contributed by atoms with E-state index in [1.54, 1.807) is 63.3 Å². The van der Waals surface area contributed by atoms with Crippen molar-refractivity contribution in [3.05, 3.63) is 53.1 Å². The van der Waals surface area contributed by atoms with Gasteiger partial charge in [0.2, 0.25) is 11.8 Å². The van der Waals surface area contributed by atoms with Crippen LogP contribution in [0.15, 0.2) is 42.0 Å². The summed E-state index contributed by atoms with van der Waals surface area (Å²) in [5.74, 6) is -2.27. The number of fused-ring (bicyclic) bond motifs is 1. The number of rotatable bonds is 16. The molecule has 10 unspecified atom stereocenters. The molecule has 5 fully saturated rings. The largest absolute Gasteiger partial charge is 0.460 e. The van der Waals surface area contributed by atoms with E-state index in [1.807, 2.05) is 0 Å². The van der Waals surface area contributed by atoms with Crippen molar-refractivity contribution in [1.82, 2.24) is 10.2 Å². The van der Waals surface area contributed by atoms with Gasteiger partial charge in [-0.05, 0) is 89.5 Å². The van der Waals surface area contributed by atoms with Gasteiger partial charge < -0.3 is 64.2 Å². The molecule has 0 spiro atoms. The molecule has 3 saturated heterocycles. The lowest BCUT2D eigenvalue weighted by Crippen LogP contribution is -2.59. The van der Waals surface area contributed by atoms with Gasteiger partial charge in [0.05, 0.1) is 31.4 Å². The number of aliphatic hydroxyl groups is 5. The molecule has 2 saturated carbocycles. The van der Waals surface area contributed by atoms with E-state index in [0.29, 0.717) is 30.5 Å². The van der Waals surface area contributed by atoms with Crippen molar-refractivity contribution < 1.29 is 73.1 Å². The van der Waals surface area contributed by atoms with Gasteiger partial charge in [-0.25, -0.2) is 4.79 Å². The summed E-state index contributed by atoms with van der Waals surface area (Å²) in [6.07, 6.45) is 0.909. The molecule has 0 radical (unpaired) electrons. The number of hydrogen-bond donors (Lipinski definition) is 6. The monoisotopic (exact) mass is 856 g/mol. The third-order valence-electron chi connectivity index (χ3n) is 12.1. The fourth-order valence-corrected chi connectivity index (χ4v) is 8.73. The summed E-state index contributed by atoms with van der Waals surface area (Å²) in [4.78, 5) is 55.7. The van der Waals surface area contributed by atoms with Crippen LogP contribution in [0.2, 0.25) is 0 Å². The van der Waals surface area contributed by atoms with Gasteiger partial charge in [0.15, 0.2) is 12.1 Å². The SMILES string of the molecule is CC(C)(C)OC(=O)CCC(CO)NC(=O)C1CCCN1C(=O)C1=CC2OC(C3CC3)(C3CC3)OC2C(OC(=O)c2cccc(C=CCOC3OC(CO)C(O)C(O)C3O)c2)C1. The Morgan fingerprint density at radius 3 is 2.41 bits per heavy atom. The first kappa shape index (κ1) is 45.3. The Bertz CT molecular complexity index is 1810. The van der Waals surface area contributed by atoms with Crippen LogP contribution in [0.25, 0.3) is 6.08 Å². The molecule has 3 aliphatic carbocycles. The first-order valence-corrected chi connectivity index (χ1v) is 21.5. The first-order chi connectivity index (χ1) is 29.1. The van der Waals surface area contributed by atoms with Crippen molar-refractivity contribution in [2.24, 2.45) is 11.8 Å². The molecule has 0 bridgehead atoms. The van der Waals surface area contributed by atoms with Gasteiger partial charge in [-0.3, -0.25) is 14.4 Å². The van der Waals surface area contributed by atoms with Crippen molar-refractivity contribution in [2.45, 2.75) is 151 Å². The van der Waals surface area contributed by atoms with Crippen molar-refractivity contribution in [3.63, 3.8) is 0 Å². The second-order valence-corrected chi connectivity index (χ2v) is 18.0. The van der Waals surface area contributed by atoms with Crippen LogP contribution in [0.5, 0.6) is 0 Å². The zero-order valence-corrected chi connectivity index (χ0v) is 34.9. The van der Waals surface area contributed by atoms with Gasteiger partial charge in [0.25, 0.3) is 0 Å². The number of esters is 2.